The van der Waals surface area contributed by atoms with Crippen molar-refractivity contribution in [1.29, 1.82) is 0 Å². The van der Waals surface area contributed by atoms with Crippen LogP contribution in [0.5, 0.6) is 5.75 Å². The number of amides is 1. The number of piperazine rings is 1. The average Bonchev–Trinajstić information content (AvgIpc) is 3.04. The minimum Gasteiger partial charge on any atom is -0.478 e. The molecule has 2 saturated heterocycles. The van der Waals surface area contributed by atoms with Crippen LogP contribution in [0.1, 0.15) is 40.1 Å². The number of anilines is 2. The first-order valence-corrected chi connectivity index (χ1v) is 15.7. The van der Waals surface area contributed by atoms with Crippen LogP contribution in [-0.4, -0.2) is 92.0 Å². The Kier molecular flexibility index (Phi) is 8.91. The maximum absolute atomic E-state index is 13.7. The highest BCUT2D eigenvalue weighted by Crippen LogP contribution is 2.40. The molecule has 3 aliphatic rings. The molecule has 0 saturated carbocycles. The number of carbonyl (C=O) groups excluding carboxylic acids is 1. The minimum absolute atomic E-state index is 0.0257. The zero-order chi connectivity index (χ0) is 31.0. The molecule has 0 aromatic heterocycles. The van der Waals surface area contributed by atoms with Crippen LogP contribution in [0.25, 0.3) is 11.1 Å². The fraction of sp³-hybridized carbons (Fsp3) is 0.394. The second kappa shape index (κ2) is 12.9. The molecular formula is C33H36Cl2N4O5. The van der Waals surface area contributed by atoms with Crippen LogP contribution in [0.2, 0.25) is 10.0 Å². The van der Waals surface area contributed by atoms with Crippen LogP contribution in [0.3, 0.4) is 0 Å². The van der Waals surface area contributed by atoms with Crippen LogP contribution in [-0.2, 0) is 11.3 Å². The average molecular weight is 640 g/mol. The fourth-order valence-electron chi connectivity index (χ4n) is 6.18. The van der Waals surface area contributed by atoms with Crippen LogP contribution in [0.15, 0.2) is 48.5 Å². The maximum atomic E-state index is 13.7. The van der Waals surface area contributed by atoms with Crippen molar-refractivity contribution < 1.29 is 24.2 Å². The van der Waals surface area contributed by atoms with Gasteiger partial charge in [0.25, 0.3) is 5.91 Å². The van der Waals surface area contributed by atoms with Gasteiger partial charge in [-0.05, 0) is 43.7 Å². The molecule has 1 N–H and O–H groups in total. The van der Waals surface area contributed by atoms with Crippen molar-refractivity contribution in [3.8, 4) is 16.9 Å². The molecule has 0 bridgehead atoms. The third-order valence-corrected chi connectivity index (χ3v) is 9.25. The Morgan fingerprint density at radius 3 is 2.25 bits per heavy atom. The summed E-state index contributed by atoms with van der Waals surface area (Å²) in [5.74, 6) is -0.606. The second-order valence-corrected chi connectivity index (χ2v) is 12.4. The van der Waals surface area contributed by atoms with Gasteiger partial charge in [-0.25, -0.2) is 4.79 Å². The summed E-state index contributed by atoms with van der Waals surface area (Å²) in [6.07, 6.45) is 0. The number of aromatic carboxylic acids is 1. The van der Waals surface area contributed by atoms with Gasteiger partial charge in [0.2, 0.25) is 0 Å². The fourth-order valence-corrected chi connectivity index (χ4v) is 6.82. The predicted octanol–water partition coefficient (Wildman–Crippen LogP) is 5.72. The maximum Gasteiger partial charge on any atom is 0.337 e. The summed E-state index contributed by atoms with van der Waals surface area (Å²) in [7, 11) is 0. The molecule has 0 atom stereocenters. The summed E-state index contributed by atoms with van der Waals surface area (Å²) in [5, 5.41) is 10.5. The van der Waals surface area contributed by atoms with E-state index in [2.05, 4.69) is 23.6 Å². The number of fused-ring (bicyclic) bond motifs is 1. The monoisotopic (exact) mass is 638 g/mol. The topological polar surface area (TPSA) is 85.8 Å². The van der Waals surface area contributed by atoms with Gasteiger partial charge in [0, 0.05) is 62.1 Å². The number of hydrogen-bond acceptors (Lipinski definition) is 7. The van der Waals surface area contributed by atoms with Gasteiger partial charge >= 0.3 is 5.97 Å². The molecule has 2 fully saturated rings. The van der Waals surface area contributed by atoms with Gasteiger partial charge in [-0.3, -0.25) is 9.69 Å². The van der Waals surface area contributed by atoms with Crippen LogP contribution >= 0.6 is 23.2 Å². The Labute approximate surface area is 267 Å². The van der Waals surface area contributed by atoms with E-state index in [0.29, 0.717) is 60.4 Å². The number of para-hydroxylation sites is 1. The molecule has 3 aromatic carbocycles. The lowest BCUT2D eigenvalue weighted by Crippen LogP contribution is -2.48. The third kappa shape index (κ3) is 6.06. The van der Waals surface area contributed by atoms with E-state index in [1.54, 1.807) is 17.0 Å². The van der Waals surface area contributed by atoms with Crippen LogP contribution in [0.4, 0.5) is 11.4 Å². The van der Waals surface area contributed by atoms with Gasteiger partial charge in [0.15, 0.2) is 6.73 Å². The van der Waals surface area contributed by atoms with Crippen molar-refractivity contribution in [1.82, 2.24) is 9.80 Å². The minimum atomic E-state index is -0.974. The van der Waals surface area contributed by atoms with Gasteiger partial charge in [-0.15, -0.1) is 0 Å². The molecule has 9 nitrogen and oxygen atoms in total. The zero-order valence-electron chi connectivity index (χ0n) is 24.9. The number of nitrogens with zero attached hydrogens (tertiary/aromatic N) is 4. The quantitative estimate of drug-likeness (QED) is 0.367. The summed E-state index contributed by atoms with van der Waals surface area (Å²) in [6.45, 7) is 10.7. The number of carboxylic acids is 1. The molecular weight excluding hydrogens is 603 g/mol. The normalized spacial score (nSPS) is 17.4. The van der Waals surface area contributed by atoms with Gasteiger partial charge in [0.05, 0.1) is 46.6 Å². The lowest BCUT2D eigenvalue weighted by molar-refractivity contribution is 0.0516. The number of rotatable bonds is 6. The van der Waals surface area contributed by atoms with Gasteiger partial charge in [-0.1, -0.05) is 47.5 Å². The Morgan fingerprint density at radius 2 is 1.59 bits per heavy atom. The summed E-state index contributed by atoms with van der Waals surface area (Å²) in [5.41, 5.74) is 4.58. The van der Waals surface area contributed by atoms with Gasteiger partial charge in [0.1, 0.15) is 5.75 Å². The lowest BCUT2D eigenvalue weighted by Gasteiger charge is -2.38. The molecule has 3 aliphatic heterocycles. The van der Waals surface area contributed by atoms with Crippen molar-refractivity contribution >= 4 is 46.5 Å². The predicted molar refractivity (Wildman–Crippen MR) is 173 cm³/mol. The van der Waals surface area contributed by atoms with E-state index >= 15 is 0 Å². The molecule has 44 heavy (non-hydrogen) atoms. The Hall–Kier alpha value is -3.50. The molecule has 0 aliphatic carbocycles. The third-order valence-electron chi connectivity index (χ3n) is 8.65. The number of hydrogen-bond donors (Lipinski definition) is 1. The molecule has 1 amide bonds. The molecule has 3 heterocycles. The van der Waals surface area contributed by atoms with E-state index in [1.165, 1.54) is 0 Å². The summed E-state index contributed by atoms with van der Waals surface area (Å²) in [6, 6.07) is 15.3. The highest BCUT2D eigenvalue weighted by molar-refractivity contribution is 6.40. The first-order chi connectivity index (χ1) is 21.2. The Balaban J connectivity index is 1.22. The van der Waals surface area contributed by atoms with Crippen LogP contribution < -0.4 is 14.5 Å². The van der Waals surface area contributed by atoms with Crippen molar-refractivity contribution in [2.45, 2.75) is 26.4 Å². The number of carbonyl (C=O) groups is 2. The van der Waals surface area contributed by atoms with Crippen LogP contribution in [0, 0.1) is 0 Å². The molecule has 11 heteroatoms. The summed E-state index contributed by atoms with van der Waals surface area (Å²) >= 11 is 13.4. The Bertz CT molecular complexity index is 1540. The highest BCUT2D eigenvalue weighted by Gasteiger charge is 2.29. The molecule has 6 rings (SSSR count). The number of halogens is 2. The van der Waals surface area contributed by atoms with E-state index in [9.17, 15) is 14.7 Å². The van der Waals surface area contributed by atoms with Crippen molar-refractivity contribution in [2.75, 3.05) is 69.0 Å². The number of carboxylic acid groups (broad SMARTS) is 1. The first kappa shape index (κ1) is 30.5. The van der Waals surface area contributed by atoms with E-state index in [4.69, 9.17) is 32.7 Å². The van der Waals surface area contributed by atoms with Gasteiger partial charge < -0.3 is 29.3 Å². The van der Waals surface area contributed by atoms with E-state index in [1.807, 2.05) is 41.3 Å². The van der Waals surface area contributed by atoms with E-state index in [-0.39, 0.29) is 23.8 Å². The molecule has 3 aromatic rings. The van der Waals surface area contributed by atoms with Crippen molar-refractivity contribution in [3.63, 3.8) is 0 Å². The number of benzene rings is 3. The standard InChI is InChI=1S/C33H36Cl2N4O5/c1-21(2)36-8-10-37(11-9-36)24-17-27(34)30(28(35)18-24)32(40)39-19-23-4-3-5-25(31(23)44-20-39)22-6-7-26(33(41)42)29(16-22)38-12-14-43-15-13-38/h3-7,16-18,21H,8-15,19-20H2,1-2H3,(H,41,42). The van der Waals surface area contributed by atoms with Crippen molar-refractivity contribution in [3.05, 3.63) is 75.3 Å². The molecule has 0 radical (unpaired) electrons. The molecule has 232 valence electrons. The SMILES string of the molecule is CC(C)N1CCN(c2cc(Cl)c(C(=O)N3COc4c(cccc4-c4ccc(C(=O)O)c(N5CCOCC5)c4)C3)c(Cl)c2)CC1. The lowest BCUT2D eigenvalue weighted by atomic mass is 9.97. The Morgan fingerprint density at radius 1 is 0.886 bits per heavy atom. The van der Waals surface area contributed by atoms with Gasteiger partial charge in [-0.2, -0.15) is 0 Å². The second-order valence-electron chi connectivity index (χ2n) is 11.6. The van der Waals surface area contributed by atoms with E-state index < -0.39 is 5.97 Å². The van der Waals surface area contributed by atoms with E-state index in [0.717, 1.165) is 48.6 Å². The van der Waals surface area contributed by atoms with Crippen molar-refractivity contribution in [2.24, 2.45) is 0 Å². The highest BCUT2D eigenvalue weighted by atomic mass is 35.5. The smallest absolute Gasteiger partial charge is 0.337 e. The number of morpholine rings is 1. The largest absolute Gasteiger partial charge is 0.478 e. The zero-order valence-corrected chi connectivity index (χ0v) is 26.4. The summed E-state index contributed by atoms with van der Waals surface area (Å²) < 4.78 is 11.7. The summed E-state index contributed by atoms with van der Waals surface area (Å²) in [4.78, 5) is 34.0. The first-order valence-electron chi connectivity index (χ1n) is 14.9. The molecule has 0 unspecified atom stereocenters. The molecule has 0 spiro atoms. The number of ether oxygens (including phenoxy) is 2.